The van der Waals surface area contributed by atoms with Crippen LogP contribution in [0.1, 0.15) is 130 Å². The van der Waals surface area contributed by atoms with Gasteiger partial charge in [-0.3, -0.25) is 14.4 Å². The highest BCUT2D eigenvalue weighted by Gasteiger charge is 2.51. The van der Waals surface area contributed by atoms with Crippen molar-refractivity contribution in [3.8, 4) is 0 Å². The van der Waals surface area contributed by atoms with Crippen molar-refractivity contribution in [3.63, 3.8) is 0 Å². The van der Waals surface area contributed by atoms with Crippen molar-refractivity contribution in [2.24, 2.45) is 10.8 Å². The van der Waals surface area contributed by atoms with Gasteiger partial charge in [0.2, 0.25) is 11.6 Å². The van der Waals surface area contributed by atoms with E-state index in [9.17, 15) is 9.59 Å². The Hall–Kier alpha value is -3.75. The van der Waals surface area contributed by atoms with E-state index in [1.165, 1.54) is 33.9 Å². The Bertz CT molecular complexity index is 1640. The summed E-state index contributed by atoms with van der Waals surface area (Å²) in [4.78, 5) is 31.1. The fourth-order valence-electron chi connectivity index (χ4n) is 8.21. The molecule has 2 aromatic carbocycles. The first-order valence-corrected chi connectivity index (χ1v) is 19.9. The maximum Gasteiger partial charge on any atom is 0.303 e. The number of hydroxylamine groups is 1. The lowest BCUT2D eigenvalue weighted by molar-refractivity contribution is -0.443. The highest BCUT2D eigenvalue weighted by atomic mass is 16.7. The van der Waals surface area contributed by atoms with Crippen molar-refractivity contribution >= 4 is 29.0 Å². The first-order chi connectivity index (χ1) is 25.2. The lowest BCUT2D eigenvalue weighted by Crippen LogP contribution is -2.40. The third kappa shape index (κ3) is 11.1. The van der Waals surface area contributed by atoms with Gasteiger partial charge >= 0.3 is 5.97 Å². The van der Waals surface area contributed by atoms with E-state index in [2.05, 4.69) is 137 Å². The molecule has 2 heterocycles. The molecule has 2 aromatic rings. The Kier molecular flexibility index (Phi) is 15.1. The largest absolute Gasteiger partial charge is 0.481 e. The maximum absolute atomic E-state index is 12.3. The topological polar surface area (TPSA) is 91.1 Å². The molecular weight excluding hydrogens is 663 g/mol. The van der Waals surface area contributed by atoms with Crippen LogP contribution in [0.25, 0.3) is 0 Å². The zero-order chi connectivity index (χ0) is 38.6. The Morgan fingerprint density at radius 2 is 1.60 bits per heavy atom. The molecule has 4 rings (SSSR count). The van der Waals surface area contributed by atoms with E-state index < -0.39 is 5.97 Å². The van der Waals surface area contributed by atoms with Gasteiger partial charge in [0, 0.05) is 66.8 Å². The highest BCUT2D eigenvalue weighted by molar-refractivity contribution is 6.00. The quantitative estimate of drug-likeness (QED) is 0.0543. The second kappa shape index (κ2) is 19.0. The molecule has 1 amide bonds. The van der Waals surface area contributed by atoms with Gasteiger partial charge in [0.1, 0.15) is 6.54 Å². The summed E-state index contributed by atoms with van der Waals surface area (Å²) in [5.74, 6) is -0.525. The summed E-state index contributed by atoms with van der Waals surface area (Å²) in [5.41, 5.74) is 9.93. The molecule has 0 saturated heterocycles. The number of rotatable bonds is 22. The molecule has 8 heteroatoms. The minimum Gasteiger partial charge on any atom is -0.481 e. The molecule has 0 aliphatic carbocycles. The van der Waals surface area contributed by atoms with Crippen molar-refractivity contribution < 1.29 is 28.8 Å². The van der Waals surface area contributed by atoms with Crippen LogP contribution in [-0.4, -0.2) is 60.2 Å². The first-order valence-electron chi connectivity index (χ1n) is 19.9. The van der Waals surface area contributed by atoms with Gasteiger partial charge in [-0.1, -0.05) is 88.7 Å². The number of carboxylic acids is 1. The molecule has 290 valence electrons. The SMILES string of the molecule is CCCOCCONC(=O)CCCCC[N+]1=C(C(C)(C)/C=C/C(C)(C)/C=C2\C(C)c3ccccc3N2CCCCCC(=O)O)C(C)(C)c2ccccc21. The maximum atomic E-state index is 12.3. The number of aliphatic carboxylic acids is 1. The molecule has 8 nitrogen and oxygen atoms in total. The monoisotopic (exact) mass is 728 g/mol. The zero-order valence-corrected chi connectivity index (χ0v) is 33.8. The van der Waals surface area contributed by atoms with E-state index in [1.54, 1.807) is 0 Å². The first kappa shape index (κ1) is 42.0. The fraction of sp³-hybridized carbons (Fsp3) is 0.578. The van der Waals surface area contributed by atoms with Crippen LogP contribution in [0.5, 0.6) is 0 Å². The number of fused-ring (bicyclic) bond motifs is 2. The fourth-order valence-corrected chi connectivity index (χ4v) is 8.21. The minimum atomic E-state index is -0.721. The van der Waals surface area contributed by atoms with Gasteiger partial charge in [-0.2, -0.15) is 4.58 Å². The third-order valence-electron chi connectivity index (χ3n) is 10.7. The molecule has 0 fully saturated rings. The number of ether oxygens (including phenoxy) is 1. The number of para-hydroxylation sites is 2. The van der Waals surface area contributed by atoms with Gasteiger partial charge in [0.05, 0.1) is 24.0 Å². The lowest BCUT2D eigenvalue weighted by Gasteiger charge is -2.30. The second-order valence-corrected chi connectivity index (χ2v) is 16.5. The Morgan fingerprint density at radius 3 is 2.36 bits per heavy atom. The van der Waals surface area contributed by atoms with Crippen molar-refractivity contribution in [1.29, 1.82) is 0 Å². The summed E-state index contributed by atoms with van der Waals surface area (Å²) >= 11 is 0. The van der Waals surface area contributed by atoms with Crippen molar-refractivity contribution in [2.75, 3.05) is 37.8 Å². The van der Waals surface area contributed by atoms with E-state index in [0.717, 1.165) is 51.6 Å². The highest BCUT2D eigenvalue weighted by Crippen LogP contribution is 2.47. The van der Waals surface area contributed by atoms with Gasteiger partial charge in [-0.25, -0.2) is 5.48 Å². The summed E-state index contributed by atoms with van der Waals surface area (Å²) in [5, 5.41) is 9.09. The number of anilines is 1. The van der Waals surface area contributed by atoms with Crippen molar-refractivity contribution in [1.82, 2.24) is 5.48 Å². The number of hydrogen-bond donors (Lipinski definition) is 2. The number of carbonyl (C=O) groups excluding carboxylic acids is 1. The van der Waals surface area contributed by atoms with Crippen LogP contribution in [0.3, 0.4) is 0 Å². The molecule has 1 atom stereocenters. The molecule has 0 saturated carbocycles. The van der Waals surface area contributed by atoms with E-state index in [-0.39, 0.29) is 34.5 Å². The van der Waals surface area contributed by atoms with Gasteiger partial charge in [0.25, 0.3) is 0 Å². The predicted molar refractivity (Wildman–Crippen MR) is 216 cm³/mol. The number of carboxylic acid groups (broad SMARTS) is 1. The second-order valence-electron chi connectivity index (χ2n) is 16.5. The number of hydrogen-bond acceptors (Lipinski definition) is 5. The van der Waals surface area contributed by atoms with Crippen LogP contribution in [0.2, 0.25) is 0 Å². The van der Waals surface area contributed by atoms with E-state index in [4.69, 9.17) is 14.7 Å². The summed E-state index contributed by atoms with van der Waals surface area (Å²) in [6.07, 6.45) is 14.2. The molecule has 0 bridgehead atoms. The molecule has 0 spiro atoms. The Labute approximate surface area is 319 Å². The molecule has 2 N–H and O–H groups in total. The smallest absolute Gasteiger partial charge is 0.303 e. The van der Waals surface area contributed by atoms with Crippen molar-refractivity contribution in [3.05, 3.63) is 83.6 Å². The molecule has 2 aliphatic rings. The van der Waals surface area contributed by atoms with Crippen molar-refractivity contribution in [2.45, 2.75) is 125 Å². The van der Waals surface area contributed by atoms with Crippen LogP contribution in [-0.2, 0) is 24.6 Å². The van der Waals surface area contributed by atoms with Crippen LogP contribution in [0.4, 0.5) is 11.4 Å². The van der Waals surface area contributed by atoms with Gasteiger partial charge in [-0.15, -0.1) is 0 Å². The summed E-state index contributed by atoms with van der Waals surface area (Å²) in [6, 6.07) is 17.5. The number of amides is 1. The number of carbonyl (C=O) groups is 2. The van der Waals surface area contributed by atoms with Crippen LogP contribution in [0, 0.1) is 10.8 Å². The predicted octanol–water partition coefficient (Wildman–Crippen LogP) is 9.86. The average molecular weight is 729 g/mol. The minimum absolute atomic E-state index is 0.0843. The molecule has 0 aromatic heterocycles. The number of nitrogens with zero attached hydrogens (tertiary/aromatic N) is 2. The molecular formula is C45H66N3O5+. The van der Waals surface area contributed by atoms with Crippen LogP contribution < -0.4 is 10.4 Å². The Morgan fingerprint density at radius 1 is 0.906 bits per heavy atom. The summed E-state index contributed by atoms with van der Waals surface area (Å²) < 4.78 is 7.94. The summed E-state index contributed by atoms with van der Waals surface area (Å²) in [7, 11) is 0. The van der Waals surface area contributed by atoms with Crippen LogP contribution in [0.15, 0.2) is 72.5 Å². The lowest BCUT2D eigenvalue weighted by atomic mass is 9.70. The van der Waals surface area contributed by atoms with Gasteiger partial charge < -0.3 is 14.7 Å². The average Bonchev–Trinajstić information content (AvgIpc) is 3.51. The standard InChI is InChI=1S/C45H65N3O5/c1-9-30-52-31-32-53-46-40(49)24-12-10-19-29-48-38-23-17-15-21-36(38)45(7,8)42(48)44(5,6)27-26-43(3,4)33-39-34(2)35-20-14-16-22-37(35)47(39)28-18-11-13-25-41(50)51/h14-17,20-23,26-27,33-34H,9-13,18-19,24-25,28-32H2,1-8H3,(H-,46,49,50,51)/p+1/b27-26+,39-33+. The van der Waals surface area contributed by atoms with E-state index in [1.807, 2.05) is 0 Å². The van der Waals surface area contributed by atoms with E-state index >= 15 is 0 Å². The number of unbranched alkanes of at least 4 members (excludes halogenated alkanes) is 4. The van der Waals surface area contributed by atoms with Crippen LogP contribution >= 0.6 is 0 Å². The molecule has 0 radical (unpaired) electrons. The molecule has 2 aliphatic heterocycles. The van der Waals surface area contributed by atoms with Gasteiger partial charge in [-0.05, 0) is 71.4 Å². The van der Waals surface area contributed by atoms with Gasteiger partial charge in [0.15, 0.2) is 5.71 Å². The number of benzene rings is 2. The summed E-state index contributed by atoms with van der Waals surface area (Å²) in [6.45, 7) is 21.7. The molecule has 53 heavy (non-hydrogen) atoms. The van der Waals surface area contributed by atoms with E-state index in [0.29, 0.717) is 32.7 Å². The normalized spacial score (nSPS) is 17.5. The molecule has 1 unspecified atom stereocenters. The third-order valence-corrected chi connectivity index (χ3v) is 10.7. The zero-order valence-electron chi connectivity index (χ0n) is 33.8. The number of nitrogens with one attached hydrogen (secondary N) is 1. The number of allylic oxidation sites excluding steroid dienone is 4. The Balaban J connectivity index is 1.48.